The summed E-state index contributed by atoms with van der Waals surface area (Å²) >= 11 is 0. The summed E-state index contributed by atoms with van der Waals surface area (Å²) < 4.78 is 0. The minimum absolute atomic E-state index is 0.464. The van der Waals surface area contributed by atoms with Gasteiger partial charge in [-0.25, -0.2) is 0 Å². The summed E-state index contributed by atoms with van der Waals surface area (Å²) in [6.07, 6.45) is 0. The summed E-state index contributed by atoms with van der Waals surface area (Å²) in [7, 11) is 0. The van der Waals surface area contributed by atoms with Crippen molar-refractivity contribution in [2.75, 3.05) is 0 Å². The number of hydrogen-bond donors (Lipinski definition) is 0. The van der Waals surface area contributed by atoms with Crippen LogP contribution in [0.5, 0.6) is 0 Å². The molecule has 0 unspecified atom stereocenters. The summed E-state index contributed by atoms with van der Waals surface area (Å²) in [5, 5.41) is 2.91. The third-order valence-electron chi connectivity index (χ3n) is 2.06. The lowest BCUT2D eigenvalue weighted by Gasteiger charge is -2.00. The van der Waals surface area contributed by atoms with Crippen molar-refractivity contribution in [2.45, 2.75) is 0 Å². The second-order valence-electron chi connectivity index (χ2n) is 3.01. The molecule has 2 rings (SSSR count). The zero-order valence-corrected chi connectivity index (χ0v) is 7.55. The molecule has 0 N–H and O–H groups in total. The van der Waals surface area contributed by atoms with Gasteiger partial charge in [-0.1, -0.05) is 42.5 Å². The van der Waals surface area contributed by atoms with Crippen LogP contribution in [0.2, 0.25) is 0 Å². The smallest absolute Gasteiger partial charge is 0.108 e. The van der Waals surface area contributed by atoms with E-state index in [4.69, 9.17) is 0 Å². The Morgan fingerprint density at radius 1 is 0.786 bits per heavy atom. The molecule has 0 atom stereocenters. The van der Waals surface area contributed by atoms with Crippen molar-refractivity contribution in [3.05, 3.63) is 59.5 Å². The fourth-order valence-corrected chi connectivity index (χ4v) is 1.37. The number of rotatable bonds is 2. The lowest BCUT2D eigenvalue weighted by Crippen LogP contribution is -1.75. The lowest BCUT2D eigenvalue weighted by atomic mass is 10.1. The first-order valence-electron chi connectivity index (χ1n) is 4.39. The highest BCUT2D eigenvalue weighted by atomic mass is 16.3. The van der Waals surface area contributed by atoms with Gasteiger partial charge in [0.15, 0.2) is 0 Å². The van der Waals surface area contributed by atoms with Crippen LogP contribution in [0.4, 0.5) is 5.69 Å². The monoisotopic (exact) mass is 183 g/mol. The van der Waals surface area contributed by atoms with Gasteiger partial charge in [0, 0.05) is 0 Å². The van der Waals surface area contributed by atoms with Gasteiger partial charge in [0.1, 0.15) is 5.69 Å². The van der Waals surface area contributed by atoms with E-state index in [1.54, 1.807) is 12.1 Å². The van der Waals surface area contributed by atoms with E-state index >= 15 is 0 Å². The molecule has 0 amide bonds. The second-order valence-corrected chi connectivity index (χ2v) is 3.01. The van der Waals surface area contributed by atoms with E-state index in [-0.39, 0.29) is 0 Å². The molecule has 0 aliphatic carbocycles. The maximum atomic E-state index is 10.3. The fraction of sp³-hybridized carbons (Fsp3) is 0. The van der Waals surface area contributed by atoms with Crippen LogP contribution in [-0.2, 0) is 0 Å². The van der Waals surface area contributed by atoms with Crippen molar-refractivity contribution in [3.8, 4) is 11.1 Å². The Morgan fingerprint density at radius 3 is 2.21 bits per heavy atom. The maximum absolute atomic E-state index is 10.3. The van der Waals surface area contributed by atoms with Crippen LogP contribution in [0.15, 0.2) is 59.8 Å². The van der Waals surface area contributed by atoms with Crippen LogP contribution < -0.4 is 0 Å². The Hall–Kier alpha value is -1.96. The molecule has 0 saturated carbocycles. The van der Waals surface area contributed by atoms with E-state index in [9.17, 15) is 4.91 Å². The summed E-state index contributed by atoms with van der Waals surface area (Å²) in [5.74, 6) is 0. The summed E-state index contributed by atoms with van der Waals surface area (Å²) in [4.78, 5) is 10.3. The van der Waals surface area contributed by atoms with Gasteiger partial charge < -0.3 is 0 Å². The second kappa shape index (κ2) is 3.83. The van der Waals surface area contributed by atoms with Gasteiger partial charge in [0.25, 0.3) is 0 Å². The van der Waals surface area contributed by atoms with Crippen LogP contribution in [0.1, 0.15) is 0 Å². The fourth-order valence-electron chi connectivity index (χ4n) is 1.37. The van der Waals surface area contributed by atoms with Gasteiger partial charge in [0.05, 0.1) is 0 Å². The summed E-state index contributed by atoms with van der Waals surface area (Å²) in [6, 6.07) is 17.2. The SMILES string of the molecule is O=Nc1cccc(-c2ccccc2)c1. The number of hydrogen-bond acceptors (Lipinski definition) is 2. The van der Waals surface area contributed by atoms with Crippen molar-refractivity contribution in [1.82, 2.24) is 0 Å². The standard InChI is InChI=1S/C12H9NO/c14-13-12-8-4-7-11(9-12)10-5-2-1-3-6-10/h1-9H. The molecule has 2 nitrogen and oxygen atoms in total. The quantitative estimate of drug-likeness (QED) is 0.652. The number of benzene rings is 2. The van der Waals surface area contributed by atoms with Crippen molar-refractivity contribution < 1.29 is 0 Å². The van der Waals surface area contributed by atoms with E-state index in [0.717, 1.165) is 11.1 Å². The summed E-state index contributed by atoms with van der Waals surface area (Å²) in [5.41, 5.74) is 2.58. The predicted octanol–water partition coefficient (Wildman–Crippen LogP) is 3.75. The zero-order valence-electron chi connectivity index (χ0n) is 7.55. The Morgan fingerprint density at radius 2 is 1.50 bits per heavy atom. The predicted molar refractivity (Wildman–Crippen MR) is 57.3 cm³/mol. The van der Waals surface area contributed by atoms with Crippen molar-refractivity contribution in [3.63, 3.8) is 0 Å². The Labute approximate surface area is 82.2 Å². The normalized spacial score (nSPS) is 9.71. The maximum Gasteiger partial charge on any atom is 0.108 e. The van der Waals surface area contributed by atoms with E-state index in [0.29, 0.717) is 5.69 Å². The highest BCUT2D eigenvalue weighted by Crippen LogP contribution is 2.23. The average molecular weight is 183 g/mol. The average Bonchev–Trinajstić information content (AvgIpc) is 2.30. The van der Waals surface area contributed by atoms with Gasteiger partial charge in [-0.15, -0.1) is 4.91 Å². The minimum Gasteiger partial charge on any atom is -0.145 e. The van der Waals surface area contributed by atoms with E-state index in [1.807, 2.05) is 42.5 Å². The van der Waals surface area contributed by atoms with Crippen LogP contribution in [0.25, 0.3) is 11.1 Å². The first kappa shape index (κ1) is 8.63. The van der Waals surface area contributed by atoms with Crippen LogP contribution in [0.3, 0.4) is 0 Å². The number of nitroso groups, excluding NO2 is 1. The molecule has 2 heteroatoms. The van der Waals surface area contributed by atoms with Gasteiger partial charge in [0.2, 0.25) is 0 Å². The molecule has 0 radical (unpaired) electrons. The summed E-state index contributed by atoms with van der Waals surface area (Å²) in [6.45, 7) is 0. The van der Waals surface area contributed by atoms with Gasteiger partial charge >= 0.3 is 0 Å². The Kier molecular flexibility index (Phi) is 2.36. The molecule has 2 aromatic rings. The third kappa shape index (κ3) is 1.69. The Balaban J connectivity index is 2.47. The number of nitrogens with zero attached hydrogens (tertiary/aromatic N) is 1. The van der Waals surface area contributed by atoms with E-state index in [1.165, 1.54) is 0 Å². The highest BCUT2D eigenvalue weighted by Gasteiger charge is 1.97. The molecular formula is C12H9NO. The minimum atomic E-state index is 0.464. The van der Waals surface area contributed by atoms with E-state index in [2.05, 4.69) is 5.18 Å². The molecule has 0 bridgehead atoms. The highest BCUT2D eigenvalue weighted by molar-refractivity contribution is 5.66. The van der Waals surface area contributed by atoms with Crippen molar-refractivity contribution in [1.29, 1.82) is 0 Å². The molecule has 2 aromatic carbocycles. The van der Waals surface area contributed by atoms with Crippen molar-refractivity contribution >= 4 is 5.69 Å². The molecule has 0 aromatic heterocycles. The van der Waals surface area contributed by atoms with Crippen molar-refractivity contribution in [2.24, 2.45) is 5.18 Å². The largest absolute Gasteiger partial charge is 0.145 e. The first-order valence-corrected chi connectivity index (χ1v) is 4.39. The Bertz CT molecular complexity index is 437. The zero-order chi connectivity index (χ0) is 9.80. The molecule has 0 heterocycles. The molecular weight excluding hydrogens is 174 g/mol. The molecule has 0 saturated heterocycles. The van der Waals surface area contributed by atoms with Gasteiger partial charge in [-0.05, 0) is 28.4 Å². The van der Waals surface area contributed by atoms with Crippen LogP contribution in [-0.4, -0.2) is 0 Å². The molecule has 68 valence electrons. The topological polar surface area (TPSA) is 29.4 Å². The van der Waals surface area contributed by atoms with Gasteiger partial charge in [-0.3, -0.25) is 0 Å². The van der Waals surface area contributed by atoms with E-state index < -0.39 is 0 Å². The van der Waals surface area contributed by atoms with Gasteiger partial charge in [-0.2, -0.15) is 0 Å². The molecule has 0 spiro atoms. The van der Waals surface area contributed by atoms with Crippen LogP contribution in [0, 0.1) is 4.91 Å². The van der Waals surface area contributed by atoms with Crippen LogP contribution >= 0.6 is 0 Å². The molecule has 0 aliphatic heterocycles. The molecule has 14 heavy (non-hydrogen) atoms. The third-order valence-corrected chi connectivity index (χ3v) is 2.06. The molecule has 0 fully saturated rings. The molecule has 0 aliphatic rings. The first-order chi connectivity index (χ1) is 6.90. The lowest BCUT2D eigenvalue weighted by molar-refractivity contribution is 1.49.